The van der Waals surface area contributed by atoms with E-state index in [1.54, 1.807) is 0 Å². The van der Waals surface area contributed by atoms with Crippen LogP contribution in [0, 0.1) is 0 Å². The highest BCUT2D eigenvalue weighted by Gasteiger charge is 1.89. The molecule has 0 aliphatic rings. The average Bonchev–Trinajstić information content (AvgIpc) is 2.12. The summed E-state index contributed by atoms with van der Waals surface area (Å²) in [6.07, 6.45) is 0. The van der Waals surface area contributed by atoms with Crippen molar-refractivity contribution < 1.29 is 10.6 Å². The van der Waals surface area contributed by atoms with Crippen molar-refractivity contribution in [1.29, 1.82) is 0 Å². The number of halogens is 2. The average molecular weight is 236 g/mol. The summed E-state index contributed by atoms with van der Waals surface area (Å²) in [5.74, 6) is 0. The molecule has 3 nitrogen and oxygen atoms in total. The fourth-order valence-corrected chi connectivity index (χ4v) is 0.671. The summed E-state index contributed by atoms with van der Waals surface area (Å²) >= 11 is 9.53. The maximum absolute atomic E-state index is 7.00. The first kappa shape index (κ1) is 23.4. The maximum atomic E-state index is 7.00. The number of aliphatic hydroxyl groups is 1. The van der Waals surface area contributed by atoms with Gasteiger partial charge in [0.15, 0.2) is 0 Å². The number of hydrogen-bond donors (Lipinski definition) is 1. The molecule has 0 aromatic carbocycles. The van der Waals surface area contributed by atoms with Crippen LogP contribution in [0.15, 0.2) is 0 Å². The molecular formula is C8H23Cl2NO2. The van der Waals surface area contributed by atoms with E-state index in [4.69, 9.17) is 28.3 Å². The third-order valence-corrected chi connectivity index (χ3v) is 1.34. The van der Waals surface area contributed by atoms with Gasteiger partial charge in [0.25, 0.3) is 0 Å². The summed E-state index contributed by atoms with van der Waals surface area (Å²) in [6, 6.07) is 0. The van der Waals surface area contributed by atoms with Crippen LogP contribution in [0.2, 0.25) is 0 Å². The van der Waals surface area contributed by atoms with Crippen molar-refractivity contribution in [2.24, 2.45) is 0 Å². The molecule has 0 spiro atoms. The van der Waals surface area contributed by atoms with E-state index in [-0.39, 0.29) is 10.8 Å². The Hall–Kier alpha value is 0.460. The van der Waals surface area contributed by atoms with E-state index in [2.05, 4.69) is 25.7 Å². The molecule has 0 saturated carbocycles. The minimum absolute atomic E-state index is 0. The standard InChI is InChI=1S/C6H15N.CH2Cl2.CH4O.H2O/c1-4-7(5-2)6-3;2-1-3;1-2;/h4-6H2,1-3H3;1H2;2H,1H3;1H2. The van der Waals surface area contributed by atoms with Crippen LogP contribution in [0.5, 0.6) is 0 Å². The third-order valence-electron chi connectivity index (χ3n) is 1.34. The molecule has 0 heterocycles. The lowest BCUT2D eigenvalue weighted by Crippen LogP contribution is -2.21. The van der Waals surface area contributed by atoms with Gasteiger partial charge < -0.3 is 15.5 Å². The van der Waals surface area contributed by atoms with Crippen LogP contribution in [-0.4, -0.2) is 47.6 Å². The number of nitrogens with zero attached hydrogens (tertiary/aromatic N) is 1. The van der Waals surface area contributed by atoms with E-state index in [0.717, 1.165) is 7.11 Å². The molecule has 3 N–H and O–H groups in total. The van der Waals surface area contributed by atoms with Gasteiger partial charge in [0.1, 0.15) is 0 Å². The van der Waals surface area contributed by atoms with E-state index in [1.807, 2.05) is 0 Å². The van der Waals surface area contributed by atoms with Crippen LogP contribution in [0.1, 0.15) is 20.8 Å². The van der Waals surface area contributed by atoms with Crippen molar-refractivity contribution in [3.05, 3.63) is 0 Å². The zero-order valence-corrected chi connectivity index (χ0v) is 10.5. The molecule has 0 aromatic heterocycles. The minimum atomic E-state index is 0. The summed E-state index contributed by atoms with van der Waals surface area (Å²) in [5.41, 5.74) is 0. The van der Waals surface area contributed by atoms with Gasteiger partial charge in [-0.3, -0.25) is 0 Å². The largest absolute Gasteiger partial charge is 0.412 e. The molecule has 86 valence electrons. The van der Waals surface area contributed by atoms with Gasteiger partial charge >= 0.3 is 0 Å². The molecule has 0 saturated heterocycles. The lowest BCUT2D eigenvalue weighted by Gasteiger charge is -2.13. The van der Waals surface area contributed by atoms with Gasteiger partial charge in [-0.25, -0.2) is 0 Å². The molecule has 0 rings (SSSR count). The van der Waals surface area contributed by atoms with Crippen molar-refractivity contribution in [2.75, 3.05) is 32.1 Å². The van der Waals surface area contributed by atoms with Crippen molar-refractivity contribution >= 4 is 23.2 Å². The van der Waals surface area contributed by atoms with Gasteiger partial charge in [0.05, 0.1) is 5.34 Å². The van der Waals surface area contributed by atoms with E-state index < -0.39 is 0 Å². The summed E-state index contributed by atoms with van der Waals surface area (Å²) in [4.78, 5) is 2.38. The highest BCUT2D eigenvalue weighted by Crippen LogP contribution is 1.81. The fraction of sp³-hybridized carbons (Fsp3) is 1.00. The molecular weight excluding hydrogens is 213 g/mol. The topological polar surface area (TPSA) is 55.0 Å². The Morgan fingerprint density at radius 2 is 1.08 bits per heavy atom. The number of alkyl halides is 2. The molecule has 0 bridgehead atoms. The molecule has 0 amide bonds. The Morgan fingerprint density at radius 3 is 1.08 bits per heavy atom. The Bertz CT molecular complexity index is 49.9. The summed E-state index contributed by atoms with van der Waals surface area (Å²) in [5, 5.41) is 7.19. The number of aliphatic hydroxyl groups excluding tert-OH is 1. The quantitative estimate of drug-likeness (QED) is 0.756. The van der Waals surface area contributed by atoms with Gasteiger partial charge in [-0.1, -0.05) is 20.8 Å². The van der Waals surface area contributed by atoms with Crippen LogP contribution < -0.4 is 0 Å². The number of rotatable bonds is 3. The fourth-order valence-electron chi connectivity index (χ4n) is 0.671. The van der Waals surface area contributed by atoms with Crippen molar-refractivity contribution in [2.45, 2.75) is 20.8 Å². The van der Waals surface area contributed by atoms with Gasteiger partial charge in [0, 0.05) is 7.11 Å². The highest BCUT2D eigenvalue weighted by molar-refractivity contribution is 6.40. The third kappa shape index (κ3) is 32.7. The molecule has 13 heavy (non-hydrogen) atoms. The molecule has 5 heteroatoms. The highest BCUT2D eigenvalue weighted by atomic mass is 35.5. The molecule has 0 atom stereocenters. The van der Waals surface area contributed by atoms with Crippen LogP contribution in [-0.2, 0) is 0 Å². The SMILES string of the molecule is CCN(CC)CC.CO.ClCCl.O. The Morgan fingerprint density at radius 1 is 0.923 bits per heavy atom. The lowest BCUT2D eigenvalue weighted by molar-refractivity contribution is 0.321. The monoisotopic (exact) mass is 235 g/mol. The number of hydrogen-bond acceptors (Lipinski definition) is 2. The van der Waals surface area contributed by atoms with Crippen molar-refractivity contribution in [3.8, 4) is 0 Å². The van der Waals surface area contributed by atoms with E-state index in [1.165, 1.54) is 19.6 Å². The van der Waals surface area contributed by atoms with Gasteiger partial charge in [-0.2, -0.15) is 0 Å². The predicted octanol–water partition coefficient (Wildman–Crippen LogP) is 1.55. The smallest absolute Gasteiger partial charge is 0.0967 e. The second kappa shape index (κ2) is 29.4. The van der Waals surface area contributed by atoms with E-state index in [0.29, 0.717) is 0 Å². The Labute approximate surface area is 91.9 Å². The zero-order valence-electron chi connectivity index (χ0n) is 8.98. The van der Waals surface area contributed by atoms with Crippen LogP contribution in [0.25, 0.3) is 0 Å². The lowest BCUT2D eigenvalue weighted by atomic mass is 10.5. The van der Waals surface area contributed by atoms with Crippen LogP contribution in [0.4, 0.5) is 0 Å². The first-order valence-electron chi connectivity index (χ1n) is 4.05. The molecule has 0 fully saturated rings. The molecule has 0 aliphatic heterocycles. The Kier molecular flexibility index (Phi) is 52.8. The predicted molar refractivity (Wildman–Crippen MR) is 61.8 cm³/mol. The van der Waals surface area contributed by atoms with Crippen molar-refractivity contribution in [1.82, 2.24) is 4.90 Å². The van der Waals surface area contributed by atoms with Crippen LogP contribution >= 0.6 is 23.2 Å². The first-order valence-corrected chi connectivity index (χ1v) is 5.12. The summed E-state index contributed by atoms with van der Waals surface area (Å²) in [6.45, 7) is 10.1. The summed E-state index contributed by atoms with van der Waals surface area (Å²) in [7, 11) is 1.00. The second-order valence-corrected chi connectivity index (χ2v) is 2.53. The van der Waals surface area contributed by atoms with Gasteiger partial charge in [-0.05, 0) is 19.6 Å². The van der Waals surface area contributed by atoms with E-state index in [9.17, 15) is 0 Å². The van der Waals surface area contributed by atoms with Crippen molar-refractivity contribution in [3.63, 3.8) is 0 Å². The normalized spacial score (nSPS) is 7.38. The molecule has 0 unspecified atom stereocenters. The van der Waals surface area contributed by atoms with Gasteiger partial charge in [-0.15, -0.1) is 23.2 Å². The molecule has 0 aromatic rings. The molecule has 0 aliphatic carbocycles. The first-order chi connectivity index (χ1) is 5.76. The minimum Gasteiger partial charge on any atom is -0.412 e. The van der Waals surface area contributed by atoms with Crippen LogP contribution in [0.3, 0.4) is 0 Å². The Balaban J connectivity index is -0.0000000581. The summed E-state index contributed by atoms with van der Waals surface area (Å²) < 4.78 is 0. The molecule has 0 radical (unpaired) electrons. The maximum Gasteiger partial charge on any atom is 0.0967 e. The van der Waals surface area contributed by atoms with E-state index >= 15 is 0 Å². The van der Waals surface area contributed by atoms with Gasteiger partial charge in [0.2, 0.25) is 0 Å². The second-order valence-electron chi connectivity index (χ2n) is 1.72. The zero-order chi connectivity index (χ0) is 10.4.